The highest BCUT2D eigenvalue weighted by atomic mass is 32.2. The van der Waals surface area contributed by atoms with Gasteiger partial charge in [-0.3, -0.25) is 0 Å². The maximum absolute atomic E-state index is 2.33. The van der Waals surface area contributed by atoms with Crippen molar-refractivity contribution in [3.05, 3.63) is 0 Å². The Morgan fingerprint density at radius 1 is 0.268 bits per heavy atom. The first-order chi connectivity index (χ1) is 20.3. The Morgan fingerprint density at radius 3 is 0.805 bits per heavy atom. The number of hydrogen-bond donors (Lipinski definition) is 0. The molecule has 0 spiro atoms. The van der Waals surface area contributed by atoms with Gasteiger partial charge in [-0.15, -0.1) is 0 Å². The van der Waals surface area contributed by atoms with Gasteiger partial charge in [-0.1, -0.05) is 226 Å². The quantitative estimate of drug-likeness (QED) is 0.0645. The van der Waals surface area contributed by atoms with Gasteiger partial charge in [-0.25, -0.2) is 0 Å². The van der Waals surface area contributed by atoms with Gasteiger partial charge in [0.25, 0.3) is 0 Å². The zero-order chi connectivity index (χ0) is 29.7. The fourth-order valence-electron chi connectivity index (χ4n) is 6.54. The van der Waals surface area contributed by atoms with Crippen molar-refractivity contribution < 1.29 is 0 Å². The molecule has 0 rings (SSSR count). The van der Waals surface area contributed by atoms with E-state index in [9.17, 15) is 0 Å². The van der Waals surface area contributed by atoms with E-state index < -0.39 is 0 Å². The zero-order valence-electron chi connectivity index (χ0n) is 29.4. The molecule has 1 atom stereocenters. The molecule has 0 N–H and O–H groups in total. The van der Waals surface area contributed by atoms with E-state index in [2.05, 4.69) is 32.5 Å². The van der Waals surface area contributed by atoms with Crippen LogP contribution in [0.25, 0.3) is 0 Å². The maximum Gasteiger partial charge on any atom is -0.00649 e. The second-order valence-corrected chi connectivity index (χ2v) is 15.0. The van der Waals surface area contributed by atoms with Crippen molar-refractivity contribution in [3.63, 3.8) is 0 Å². The molecule has 0 aromatic carbocycles. The summed E-state index contributed by atoms with van der Waals surface area (Å²) < 4.78 is 0. The lowest BCUT2D eigenvalue weighted by Crippen LogP contribution is -2.03. The third-order valence-electron chi connectivity index (χ3n) is 9.45. The van der Waals surface area contributed by atoms with Gasteiger partial charge in [-0.05, 0) is 30.3 Å². The first-order valence-corrected chi connectivity index (χ1v) is 21.1. The average molecular weight is 595 g/mol. The molecule has 0 fully saturated rings. The standard InChI is InChI=1S/C40H82S/c1-4-7-9-11-13-15-17-19-21-22-24-26-28-30-32-34-36-40(37-39-41-38-6-3)35-33-31-29-27-25-23-20-18-16-14-12-10-8-5-2/h40H,4-39H2,1-3H3. The summed E-state index contributed by atoms with van der Waals surface area (Å²) in [5.41, 5.74) is 0. The van der Waals surface area contributed by atoms with E-state index in [1.165, 1.54) is 230 Å². The minimum absolute atomic E-state index is 1.02. The van der Waals surface area contributed by atoms with Crippen LogP contribution in [0.1, 0.15) is 239 Å². The molecule has 0 heterocycles. The summed E-state index contributed by atoms with van der Waals surface area (Å²) in [6.07, 6.45) is 50.2. The smallest absolute Gasteiger partial charge is 0.00649 e. The molecule has 0 aromatic rings. The molecule has 0 amide bonds. The number of thioether (sulfide) groups is 1. The van der Waals surface area contributed by atoms with Crippen LogP contribution in [0.5, 0.6) is 0 Å². The third kappa shape index (κ3) is 36.4. The predicted octanol–water partition coefficient (Wildman–Crippen LogP) is 15.7. The van der Waals surface area contributed by atoms with Crippen molar-refractivity contribution in [1.82, 2.24) is 0 Å². The average Bonchev–Trinajstić information content (AvgIpc) is 2.98. The van der Waals surface area contributed by atoms with Gasteiger partial charge in [0.05, 0.1) is 0 Å². The van der Waals surface area contributed by atoms with Crippen molar-refractivity contribution in [2.24, 2.45) is 5.92 Å². The summed E-state index contributed by atoms with van der Waals surface area (Å²) in [4.78, 5) is 0. The van der Waals surface area contributed by atoms with Crippen molar-refractivity contribution in [2.45, 2.75) is 239 Å². The molecule has 0 aromatic heterocycles. The van der Waals surface area contributed by atoms with Crippen LogP contribution in [0.15, 0.2) is 0 Å². The molecule has 1 heteroatoms. The number of rotatable bonds is 37. The van der Waals surface area contributed by atoms with Crippen LogP contribution in [0.2, 0.25) is 0 Å². The fraction of sp³-hybridized carbons (Fsp3) is 1.00. The molecule has 248 valence electrons. The van der Waals surface area contributed by atoms with Crippen molar-refractivity contribution in [3.8, 4) is 0 Å². The molecule has 0 nitrogen and oxygen atoms in total. The Hall–Kier alpha value is 0.350. The lowest BCUT2D eigenvalue weighted by molar-refractivity contribution is 0.394. The maximum atomic E-state index is 2.33. The summed E-state index contributed by atoms with van der Waals surface area (Å²) in [7, 11) is 0. The molecule has 0 saturated heterocycles. The fourth-order valence-corrected chi connectivity index (χ4v) is 7.53. The molecule has 0 radical (unpaired) electrons. The van der Waals surface area contributed by atoms with Gasteiger partial charge < -0.3 is 0 Å². The monoisotopic (exact) mass is 595 g/mol. The highest BCUT2D eigenvalue weighted by Crippen LogP contribution is 2.24. The normalized spacial score (nSPS) is 12.4. The second kappa shape index (κ2) is 38.4. The van der Waals surface area contributed by atoms with E-state index in [1.807, 2.05) is 0 Å². The van der Waals surface area contributed by atoms with Gasteiger partial charge in [0.15, 0.2) is 0 Å². The molecule has 0 aliphatic rings. The molecular weight excluding hydrogens is 513 g/mol. The van der Waals surface area contributed by atoms with E-state index in [-0.39, 0.29) is 0 Å². The van der Waals surface area contributed by atoms with Crippen LogP contribution >= 0.6 is 11.8 Å². The lowest BCUT2D eigenvalue weighted by Gasteiger charge is -2.17. The second-order valence-electron chi connectivity index (χ2n) is 13.7. The molecular formula is C40H82S. The largest absolute Gasteiger partial charge is 0.162 e. The van der Waals surface area contributed by atoms with Crippen LogP contribution in [-0.4, -0.2) is 11.5 Å². The van der Waals surface area contributed by atoms with E-state index in [0.29, 0.717) is 0 Å². The summed E-state index contributed by atoms with van der Waals surface area (Å²) in [6.45, 7) is 6.96. The van der Waals surface area contributed by atoms with E-state index in [0.717, 1.165) is 5.92 Å². The molecule has 0 bridgehead atoms. The van der Waals surface area contributed by atoms with Crippen molar-refractivity contribution in [2.75, 3.05) is 11.5 Å². The van der Waals surface area contributed by atoms with Gasteiger partial charge in [0, 0.05) is 0 Å². The van der Waals surface area contributed by atoms with Crippen molar-refractivity contribution in [1.29, 1.82) is 0 Å². The van der Waals surface area contributed by atoms with Gasteiger partial charge >= 0.3 is 0 Å². The molecule has 0 aliphatic heterocycles. The molecule has 41 heavy (non-hydrogen) atoms. The van der Waals surface area contributed by atoms with E-state index in [4.69, 9.17) is 0 Å². The number of unbranched alkanes of at least 4 members (excludes halogenated alkanes) is 28. The summed E-state index contributed by atoms with van der Waals surface area (Å²) >= 11 is 2.21. The van der Waals surface area contributed by atoms with Crippen LogP contribution in [0.3, 0.4) is 0 Å². The topological polar surface area (TPSA) is 0 Å². The molecule has 1 unspecified atom stereocenters. The Labute approximate surface area is 267 Å². The Balaban J connectivity index is 3.61. The SMILES string of the molecule is CCCCCCCCCCCCCCCCCCC(CCCCCCCCCCCCCCCC)CCSCCC. The summed E-state index contributed by atoms with van der Waals surface area (Å²) in [5.74, 6) is 3.80. The summed E-state index contributed by atoms with van der Waals surface area (Å²) in [5, 5.41) is 0. The summed E-state index contributed by atoms with van der Waals surface area (Å²) in [6, 6.07) is 0. The van der Waals surface area contributed by atoms with Gasteiger partial charge in [0.2, 0.25) is 0 Å². The predicted molar refractivity (Wildman–Crippen MR) is 195 cm³/mol. The lowest BCUT2D eigenvalue weighted by atomic mass is 9.92. The van der Waals surface area contributed by atoms with Crippen LogP contribution in [0.4, 0.5) is 0 Å². The Kier molecular flexibility index (Phi) is 38.7. The first kappa shape index (κ1) is 41.4. The third-order valence-corrected chi connectivity index (χ3v) is 10.7. The minimum Gasteiger partial charge on any atom is -0.162 e. The zero-order valence-corrected chi connectivity index (χ0v) is 30.3. The van der Waals surface area contributed by atoms with Gasteiger partial charge in [0.1, 0.15) is 0 Å². The Morgan fingerprint density at radius 2 is 0.537 bits per heavy atom. The van der Waals surface area contributed by atoms with Crippen LogP contribution in [0, 0.1) is 5.92 Å². The molecule has 0 aliphatic carbocycles. The van der Waals surface area contributed by atoms with Crippen LogP contribution in [-0.2, 0) is 0 Å². The van der Waals surface area contributed by atoms with E-state index >= 15 is 0 Å². The first-order valence-electron chi connectivity index (χ1n) is 19.9. The highest BCUT2D eigenvalue weighted by molar-refractivity contribution is 7.99. The number of hydrogen-bond acceptors (Lipinski definition) is 1. The van der Waals surface area contributed by atoms with Crippen LogP contribution < -0.4 is 0 Å². The Bertz CT molecular complexity index is 433. The minimum atomic E-state index is 1.02. The molecule has 0 saturated carbocycles. The van der Waals surface area contributed by atoms with E-state index in [1.54, 1.807) is 0 Å². The van der Waals surface area contributed by atoms with Gasteiger partial charge in [-0.2, -0.15) is 11.8 Å². The van der Waals surface area contributed by atoms with Crippen molar-refractivity contribution >= 4 is 11.8 Å². The highest BCUT2D eigenvalue weighted by Gasteiger charge is 2.09.